The van der Waals surface area contributed by atoms with E-state index in [-0.39, 0.29) is 11.5 Å². The number of aromatic nitrogens is 3. The number of aromatic amines is 1. The molecule has 0 bridgehead atoms. The highest BCUT2D eigenvalue weighted by molar-refractivity contribution is 5.94. The van der Waals surface area contributed by atoms with Crippen molar-refractivity contribution in [2.75, 3.05) is 26.3 Å². The summed E-state index contributed by atoms with van der Waals surface area (Å²) in [5, 5.41) is 11.9. The van der Waals surface area contributed by atoms with Crippen molar-refractivity contribution < 1.29 is 9.53 Å². The maximum Gasteiger partial charge on any atom is 0.280 e. The number of ether oxygens (including phenoxy) is 1. The van der Waals surface area contributed by atoms with Gasteiger partial charge in [0.25, 0.3) is 11.5 Å². The average Bonchev–Trinajstić information content (AvgIpc) is 3.15. The minimum absolute atomic E-state index is 0.0971. The topological polar surface area (TPSA) is 104 Å². The zero-order valence-corrected chi connectivity index (χ0v) is 15.9. The molecule has 3 heterocycles. The number of hydrogen-bond donors (Lipinski definition) is 1. The third kappa shape index (κ3) is 3.56. The Balaban J connectivity index is 1.61. The molecule has 1 aliphatic heterocycles. The average molecular weight is 389 g/mol. The Morgan fingerprint density at radius 3 is 2.66 bits per heavy atom. The Bertz CT molecular complexity index is 1150. The van der Waals surface area contributed by atoms with Crippen LogP contribution in [-0.4, -0.2) is 51.9 Å². The normalized spacial score (nSPS) is 13.9. The molecule has 0 aliphatic carbocycles. The van der Waals surface area contributed by atoms with Gasteiger partial charge in [-0.25, -0.2) is 9.67 Å². The summed E-state index contributed by atoms with van der Waals surface area (Å²) in [7, 11) is 0. The number of pyridine rings is 1. The molecule has 1 aliphatic rings. The Morgan fingerprint density at radius 1 is 1.21 bits per heavy atom. The fraction of sp³-hybridized carbons (Fsp3) is 0.238. The molecule has 0 spiro atoms. The van der Waals surface area contributed by atoms with E-state index in [2.05, 4.69) is 16.2 Å². The molecule has 1 amide bonds. The number of aryl methyl sites for hydroxylation is 1. The zero-order chi connectivity index (χ0) is 20.4. The van der Waals surface area contributed by atoms with Crippen LogP contribution in [0.5, 0.6) is 0 Å². The van der Waals surface area contributed by atoms with Gasteiger partial charge in [0, 0.05) is 25.5 Å². The van der Waals surface area contributed by atoms with Crippen LogP contribution in [0.3, 0.4) is 0 Å². The van der Waals surface area contributed by atoms with E-state index in [9.17, 15) is 9.59 Å². The van der Waals surface area contributed by atoms with Crippen LogP contribution in [0.15, 0.2) is 47.5 Å². The lowest BCUT2D eigenvalue weighted by Gasteiger charge is -2.26. The van der Waals surface area contributed by atoms with E-state index >= 15 is 0 Å². The van der Waals surface area contributed by atoms with Crippen molar-refractivity contribution in [1.82, 2.24) is 19.7 Å². The number of amides is 1. The maximum absolute atomic E-state index is 12.9. The van der Waals surface area contributed by atoms with Gasteiger partial charge in [0.1, 0.15) is 0 Å². The first kappa shape index (κ1) is 18.7. The molecule has 1 aromatic carbocycles. The van der Waals surface area contributed by atoms with Gasteiger partial charge in [-0.2, -0.15) is 5.26 Å². The minimum atomic E-state index is -0.252. The predicted octanol–water partition coefficient (Wildman–Crippen LogP) is 1.88. The lowest BCUT2D eigenvalue weighted by molar-refractivity contribution is 0.0302. The highest BCUT2D eigenvalue weighted by atomic mass is 16.5. The van der Waals surface area contributed by atoms with Gasteiger partial charge in [-0.3, -0.25) is 14.7 Å². The standard InChI is InChI=1S/C21H19N5O3/c1-14-10-15(11-22)2-4-17(14)18-13-24-26(21(18)28)19-5-3-16(12-23-19)20(27)25-6-8-29-9-7-25/h2-5,10,12-13,24H,6-9H2,1H3. The molecule has 4 rings (SSSR count). The Kier molecular flexibility index (Phi) is 4.97. The van der Waals surface area contributed by atoms with Crippen molar-refractivity contribution in [3.05, 3.63) is 69.8 Å². The van der Waals surface area contributed by atoms with Crippen LogP contribution < -0.4 is 5.56 Å². The fourth-order valence-corrected chi connectivity index (χ4v) is 3.36. The Hall–Kier alpha value is -3.70. The quantitative estimate of drug-likeness (QED) is 0.737. The second-order valence-corrected chi connectivity index (χ2v) is 6.78. The molecule has 0 saturated carbocycles. The van der Waals surface area contributed by atoms with E-state index in [1.165, 1.54) is 10.9 Å². The van der Waals surface area contributed by atoms with Gasteiger partial charge in [0.2, 0.25) is 0 Å². The van der Waals surface area contributed by atoms with Gasteiger partial charge in [0.15, 0.2) is 5.82 Å². The summed E-state index contributed by atoms with van der Waals surface area (Å²) >= 11 is 0. The van der Waals surface area contributed by atoms with Gasteiger partial charge in [-0.15, -0.1) is 0 Å². The van der Waals surface area contributed by atoms with Crippen LogP contribution in [0.4, 0.5) is 0 Å². The molecule has 8 nitrogen and oxygen atoms in total. The zero-order valence-electron chi connectivity index (χ0n) is 15.9. The van der Waals surface area contributed by atoms with E-state index in [1.54, 1.807) is 41.4 Å². The van der Waals surface area contributed by atoms with Crippen molar-refractivity contribution in [3.8, 4) is 23.0 Å². The number of hydrogen-bond acceptors (Lipinski definition) is 5. The highest BCUT2D eigenvalue weighted by Gasteiger charge is 2.19. The number of nitriles is 1. The third-order valence-corrected chi connectivity index (χ3v) is 4.94. The molecule has 3 aromatic rings. The summed E-state index contributed by atoms with van der Waals surface area (Å²) in [6, 6.07) is 10.6. The molecule has 0 unspecified atom stereocenters. The van der Waals surface area contributed by atoms with Crippen molar-refractivity contribution in [2.24, 2.45) is 0 Å². The second-order valence-electron chi connectivity index (χ2n) is 6.78. The van der Waals surface area contributed by atoms with Gasteiger partial charge in [-0.1, -0.05) is 6.07 Å². The lowest BCUT2D eigenvalue weighted by atomic mass is 10.0. The number of carbonyl (C=O) groups is 1. The minimum Gasteiger partial charge on any atom is -0.378 e. The van der Waals surface area contributed by atoms with Crippen LogP contribution >= 0.6 is 0 Å². The number of nitrogens with zero attached hydrogens (tertiary/aromatic N) is 4. The molecule has 29 heavy (non-hydrogen) atoms. The van der Waals surface area contributed by atoms with E-state index in [0.717, 1.165) is 11.1 Å². The molecule has 1 fully saturated rings. The second kappa shape index (κ2) is 7.73. The van der Waals surface area contributed by atoms with Crippen LogP contribution in [0, 0.1) is 18.3 Å². The summed E-state index contributed by atoms with van der Waals surface area (Å²) in [6.07, 6.45) is 3.10. The number of benzene rings is 1. The molecule has 0 radical (unpaired) electrons. The van der Waals surface area contributed by atoms with Crippen LogP contribution in [0.1, 0.15) is 21.5 Å². The molecular weight excluding hydrogens is 370 g/mol. The van der Waals surface area contributed by atoms with Gasteiger partial charge >= 0.3 is 0 Å². The van der Waals surface area contributed by atoms with E-state index in [4.69, 9.17) is 10.00 Å². The molecular formula is C21H19N5O3. The monoisotopic (exact) mass is 389 g/mol. The molecule has 146 valence electrons. The number of nitrogens with one attached hydrogen (secondary N) is 1. The lowest BCUT2D eigenvalue weighted by Crippen LogP contribution is -2.40. The summed E-state index contributed by atoms with van der Waals surface area (Å²) in [4.78, 5) is 31.4. The van der Waals surface area contributed by atoms with Crippen molar-refractivity contribution in [1.29, 1.82) is 5.26 Å². The molecule has 8 heteroatoms. The molecule has 1 saturated heterocycles. The first-order chi connectivity index (χ1) is 14.1. The first-order valence-electron chi connectivity index (χ1n) is 9.23. The number of H-pyrrole nitrogens is 1. The number of rotatable bonds is 3. The van der Waals surface area contributed by atoms with Gasteiger partial charge in [0.05, 0.1) is 36.0 Å². The number of morpholine rings is 1. The van der Waals surface area contributed by atoms with Gasteiger partial charge < -0.3 is 9.64 Å². The van der Waals surface area contributed by atoms with E-state index < -0.39 is 0 Å². The first-order valence-corrected chi connectivity index (χ1v) is 9.23. The van der Waals surface area contributed by atoms with E-state index in [0.29, 0.717) is 48.8 Å². The Morgan fingerprint density at radius 2 is 2.00 bits per heavy atom. The van der Waals surface area contributed by atoms with Crippen molar-refractivity contribution in [2.45, 2.75) is 6.92 Å². The van der Waals surface area contributed by atoms with Crippen LogP contribution in [-0.2, 0) is 4.74 Å². The van der Waals surface area contributed by atoms with Gasteiger partial charge in [-0.05, 0) is 42.3 Å². The Labute approximate surface area is 167 Å². The van der Waals surface area contributed by atoms with Crippen LogP contribution in [0.2, 0.25) is 0 Å². The van der Waals surface area contributed by atoms with Crippen LogP contribution in [0.25, 0.3) is 16.9 Å². The fourth-order valence-electron chi connectivity index (χ4n) is 3.36. The summed E-state index contributed by atoms with van der Waals surface area (Å²) in [5.41, 5.74) is 2.84. The van der Waals surface area contributed by atoms with E-state index in [1.807, 2.05) is 6.92 Å². The predicted molar refractivity (Wildman–Crippen MR) is 106 cm³/mol. The smallest absolute Gasteiger partial charge is 0.280 e. The molecule has 1 N–H and O–H groups in total. The summed E-state index contributed by atoms with van der Waals surface area (Å²) in [6.45, 7) is 4.05. The largest absolute Gasteiger partial charge is 0.378 e. The summed E-state index contributed by atoms with van der Waals surface area (Å²) in [5.74, 6) is 0.297. The maximum atomic E-state index is 12.9. The van der Waals surface area contributed by atoms with Crippen molar-refractivity contribution >= 4 is 5.91 Å². The molecule has 0 atom stereocenters. The SMILES string of the molecule is Cc1cc(C#N)ccc1-c1c[nH]n(-c2ccc(C(=O)N3CCOCC3)cn2)c1=O. The number of carbonyl (C=O) groups excluding carboxylic acids is 1. The highest BCUT2D eigenvalue weighted by Crippen LogP contribution is 2.21. The third-order valence-electron chi connectivity index (χ3n) is 4.94. The molecule has 2 aromatic heterocycles. The summed E-state index contributed by atoms with van der Waals surface area (Å²) < 4.78 is 6.60. The van der Waals surface area contributed by atoms with Crippen molar-refractivity contribution in [3.63, 3.8) is 0 Å².